The van der Waals surface area contributed by atoms with Gasteiger partial charge in [0.2, 0.25) is 11.9 Å². The maximum Gasteiger partial charge on any atom is 0.229 e. The van der Waals surface area contributed by atoms with Crippen LogP contribution < -0.4 is 10.2 Å². The minimum Gasteiger partial charge on any atom is -0.340 e. The summed E-state index contributed by atoms with van der Waals surface area (Å²) in [5.41, 5.74) is 5.55. The predicted octanol–water partition coefficient (Wildman–Crippen LogP) is 3.27. The SMILES string of the molecule is Cc1nn(C)c(C)c1Cc1ccc(NC(=O)[C@H]2CCCN(c3ncccn3)C2)cc1. The molecule has 2 aromatic heterocycles. The molecule has 1 fully saturated rings. The number of benzene rings is 1. The van der Waals surface area contributed by atoms with Crippen LogP contribution in [0, 0.1) is 19.8 Å². The van der Waals surface area contributed by atoms with Crippen LogP contribution in [0.4, 0.5) is 11.6 Å². The summed E-state index contributed by atoms with van der Waals surface area (Å²) in [5.74, 6) is 0.686. The number of carbonyl (C=O) groups excluding carboxylic acids is 1. The average Bonchev–Trinajstić information content (AvgIpc) is 3.01. The first kappa shape index (κ1) is 20.1. The van der Waals surface area contributed by atoms with E-state index in [0.29, 0.717) is 12.5 Å². The lowest BCUT2D eigenvalue weighted by Gasteiger charge is -2.31. The normalized spacial score (nSPS) is 16.5. The Morgan fingerprint density at radius 3 is 2.57 bits per heavy atom. The number of aryl methyl sites for hydroxylation is 2. The van der Waals surface area contributed by atoms with E-state index in [1.54, 1.807) is 18.5 Å². The molecule has 0 unspecified atom stereocenters. The maximum absolute atomic E-state index is 12.8. The van der Waals surface area contributed by atoms with E-state index in [1.807, 2.05) is 30.8 Å². The van der Waals surface area contributed by atoms with Gasteiger partial charge in [0.1, 0.15) is 0 Å². The van der Waals surface area contributed by atoms with Crippen molar-refractivity contribution in [3.63, 3.8) is 0 Å². The number of hydrogen-bond acceptors (Lipinski definition) is 5. The average molecular weight is 405 g/mol. The standard InChI is InChI=1S/C23H28N6O/c1-16-21(17(2)28(3)27-16)14-18-7-9-20(10-8-18)26-22(30)19-6-4-13-29(15-19)23-24-11-5-12-25-23/h5,7-12,19H,4,6,13-15H2,1-3H3,(H,26,30)/t19-/m0/s1. The smallest absolute Gasteiger partial charge is 0.229 e. The Bertz CT molecular complexity index is 1010. The van der Waals surface area contributed by atoms with Crippen molar-refractivity contribution in [1.29, 1.82) is 0 Å². The molecule has 1 aromatic carbocycles. The molecule has 3 aromatic rings. The zero-order valence-corrected chi connectivity index (χ0v) is 17.8. The number of nitrogens with one attached hydrogen (secondary N) is 1. The quantitative estimate of drug-likeness (QED) is 0.706. The fourth-order valence-electron chi connectivity index (χ4n) is 4.06. The van der Waals surface area contributed by atoms with Crippen LogP contribution in [0.25, 0.3) is 0 Å². The van der Waals surface area contributed by atoms with Gasteiger partial charge in [0, 0.05) is 55.9 Å². The fourth-order valence-corrected chi connectivity index (χ4v) is 4.06. The van der Waals surface area contributed by atoms with Crippen molar-refractivity contribution in [2.75, 3.05) is 23.3 Å². The molecule has 7 nitrogen and oxygen atoms in total. The van der Waals surface area contributed by atoms with E-state index in [4.69, 9.17) is 0 Å². The Labute approximate surface area is 177 Å². The topological polar surface area (TPSA) is 75.9 Å². The van der Waals surface area contributed by atoms with Crippen LogP contribution >= 0.6 is 0 Å². The second-order valence-electron chi connectivity index (χ2n) is 7.97. The molecule has 3 heterocycles. The van der Waals surface area contributed by atoms with E-state index in [-0.39, 0.29) is 11.8 Å². The fraction of sp³-hybridized carbons (Fsp3) is 0.391. The first-order chi connectivity index (χ1) is 14.5. The highest BCUT2D eigenvalue weighted by Crippen LogP contribution is 2.23. The number of aromatic nitrogens is 4. The van der Waals surface area contributed by atoms with Gasteiger partial charge in [-0.1, -0.05) is 12.1 Å². The van der Waals surface area contributed by atoms with Gasteiger partial charge in [0.15, 0.2) is 0 Å². The van der Waals surface area contributed by atoms with Gasteiger partial charge in [0.05, 0.1) is 11.6 Å². The van der Waals surface area contributed by atoms with Gasteiger partial charge in [0.25, 0.3) is 0 Å². The number of amides is 1. The molecule has 0 aliphatic carbocycles. The first-order valence-corrected chi connectivity index (χ1v) is 10.4. The second kappa shape index (κ2) is 8.65. The van der Waals surface area contributed by atoms with E-state index in [2.05, 4.69) is 44.3 Å². The van der Waals surface area contributed by atoms with Gasteiger partial charge in [-0.15, -0.1) is 0 Å². The number of nitrogens with zero attached hydrogens (tertiary/aromatic N) is 5. The van der Waals surface area contributed by atoms with Crippen molar-refractivity contribution in [1.82, 2.24) is 19.7 Å². The van der Waals surface area contributed by atoms with Crippen molar-refractivity contribution >= 4 is 17.5 Å². The number of anilines is 2. The number of rotatable bonds is 5. The molecule has 1 amide bonds. The minimum absolute atomic E-state index is 0.0577. The molecule has 1 atom stereocenters. The molecule has 0 bridgehead atoms. The summed E-state index contributed by atoms with van der Waals surface area (Å²) in [7, 11) is 1.97. The molecule has 156 valence electrons. The lowest BCUT2D eigenvalue weighted by Crippen LogP contribution is -2.41. The van der Waals surface area contributed by atoms with Crippen LogP contribution in [0.3, 0.4) is 0 Å². The van der Waals surface area contributed by atoms with Crippen LogP contribution in [0.2, 0.25) is 0 Å². The van der Waals surface area contributed by atoms with Gasteiger partial charge < -0.3 is 10.2 Å². The molecule has 0 radical (unpaired) electrons. The van der Waals surface area contributed by atoms with Crippen molar-refractivity contribution < 1.29 is 4.79 Å². The molecule has 0 spiro atoms. The van der Waals surface area contributed by atoms with E-state index >= 15 is 0 Å². The van der Waals surface area contributed by atoms with Crippen molar-refractivity contribution in [2.24, 2.45) is 13.0 Å². The summed E-state index contributed by atoms with van der Waals surface area (Å²) in [6, 6.07) is 9.92. The molecule has 1 N–H and O–H groups in total. The Morgan fingerprint density at radius 2 is 1.90 bits per heavy atom. The van der Waals surface area contributed by atoms with Crippen molar-refractivity contribution in [3.8, 4) is 0 Å². The van der Waals surface area contributed by atoms with Crippen LogP contribution in [0.15, 0.2) is 42.7 Å². The van der Waals surface area contributed by atoms with E-state index in [0.717, 1.165) is 37.2 Å². The predicted molar refractivity (Wildman–Crippen MR) is 118 cm³/mol. The van der Waals surface area contributed by atoms with Crippen LogP contribution in [0.5, 0.6) is 0 Å². The molecular weight excluding hydrogens is 376 g/mol. The summed E-state index contributed by atoms with van der Waals surface area (Å²) in [6.07, 6.45) is 6.16. The third kappa shape index (κ3) is 4.35. The molecule has 1 aliphatic rings. The summed E-state index contributed by atoms with van der Waals surface area (Å²) in [4.78, 5) is 23.5. The van der Waals surface area contributed by atoms with Gasteiger partial charge in [-0.25, -0.2) is 9.97 Å². The molecule has 1 saturated heterocycles. The van der Waals surface area contributed by atoms with Crippen molar-refractivity contribution in [2.45, 2.75) is 33.1 Å². The Hall–Kier alpha value is -3.22. The van der Waals surface area contributed by atoms with Gasteiger partial charge >= 0.3 is 0 Å². The zero-order chi connectivity index (χ0) is 21.1. The highest BCUT2D eigenvalue weighted by molar-refractivity contribution is 5.93. The Balaban J connectivity index is 1.37. The minimum atomic E-state index is -0.0667. The highest BCUT2D eigenvalue weighted by atomic mass is 16.1. The number of hydrogen-bond donors (Lipinski definition) is 1. The molecule has 0 saturated carbocycles. The zero-order valence-electron chi connectivity index (χ0n) is 17.8. The van der Waals surface area contributed by atoms with E-state index < -0.39 is 0 Å². The van der Waals surface area contributed by atoms with Gasteiger partial charge in [-0.2, -0.15) is 5.10 Å². The third-order valence-corrected chi connectivity index (χ3v) is 5.89. The largest absolute Gasteiger partial charge is 0.340 e. The number of piperidine rings is 1. The first-order valence-electron chi connectivity index (χ1n) is 10.4. The van der Waals surface area contributed by atoms with E-state index in [1.165, 1.54) is 16.8 Å². The second-order valence-corrected chi connectivity index (χ2v) is 7.97. The third-order valence-electron chi connectivity index (χ3n) is 5.89. The molecule has 30 heavy (non-hydrogen) atoms. The van der Waals surface area contributed by atoms with Gasteiger partial charge in [-0.05, 0) is 50.5 Å². The monoisotopic (exact) mass is 404 g/mol. The summed E-state index contributed by atoms with van der Waals surface area (Å²) in [5, 5.41) is 7.57. The molecular formula is C23H28N6O. The lowest BCUT2D eigenvalue weighted by molar-refractivity contribution is -0.120. The summed E-state index contributed by atoms with van der Waals surface area (Å²) < 4.78 is 1.92. The lowest BCUT2D eigenvalue weighted by atomic mass is 9.97. The van der Waals surface area contributed by atoms with E-state index in [9.17, 15) is 4.79 Å². The molecule has 1 aliphatic heterocycles. The molecule has 4 rings (SSSR count). The van der Waals surface area contributed by atoms with Crippen LogP contribution in [-0.2, 0) is 18.3 Å². The number of carbonyl (C=O) groups is 1. The maximum atomic E-state index is 12.8. The molecule has 7 heteroatoms. The Morgan fingerprint density at radius 1 is 1.17 bits per heavy atom. The Kier molecular flexibility index (Phi) is 5.79. The van der Waals surface area contributed by atoms with Crippen molar-refractivity contribution in [3.05, 3.63) is 65.2 Å². The summed E-state index contributed by atoms with van der Waals surface area (Å²) >= 11 is 0. The van der Waals surface area contributed by atoms with Crippen LogP contribution in [-0.4, -0.2) is 38.7 Å². The summed E-state index contributed by atoms with van der Waals surface area (Å²) in [6.45, 7) is 5.67. The van der Waals surface area contributed by atoms with Crippen LogP contribution in [0.1, 0.15) is 35.4 Å². The highest BCUT2D eigenvalue weighted by Gasteiger charge is 2.27. The van der Waals surface area contributed by atoms with Gasteiger partial charge in [-0.3, -0.25) is 9.48 Å².